The lowest BCUT2D eigenvalue weighted by atomic mass is 9.84. The molecule has 2 saturated heterocycles. The van der Waals surface area contributed by atoms with Crippen LogP contribution in [-0.2, 0) is 9.59 Å². The van der Waals surface area contributed by atoms with Crippen molar-refractivity contribution in [2.45, 2.75) is 42.6 Å². The maximum atomic E-state index is 13.8. The van der Waals surface area contributed by atoms with Gasteiger partial charge in [0, 0.05) is 34.6 Å². The summed E-state index contributed by atoms with van der Waals surface area (Å²) < 4.78 is 0. The van der Waals surface area contributed by atoms with Crippen LogP contribution in [0.4, 0.5) is 0 Å². The monoisotopic (exact) mass is 667 g/mol. The lowest BCUT2D eigenvalue weighted by molar-refractivity contribution is -0.139. The molecule has 2 fully saturated rings. The Morgan fingerprint density at radius 1 is 0.681 bits per heavy atom. The molecule has 3 aliphatic heterocycles. The fraction of sp³-hybridized carbons (Fsp3) is 0.278. The van der Waals surface area contributed by atoms with Gasteiger partial charge in [0.2, 0.25) is 0 Å². The third-order valence-electron chi connectivity index (χ3n) is 9.06. The highest BCUT2D eigenvalue weighted by molar-refractivity contribution is 8.00. The van der Waals surface area contributed by atoms with Crippen molar-refractivity contribution in [2.24, 2.45) is 0 Å². The lowest BCUT2D eigenvalue weighted by Gasteiger charge is -2.29. The molecule has 9 nitrogen and oxygen atoms in total. The second kappa shape index (κ2) is 12.8. The molecule has 47 heavy (non-hydrogen) atoms. The summed E-state index contributed by atoms with van der Waals surface area (Å²) in [4.78, 5) is 51.8. The summed E-state index contributed by atoms with van der Waals surface area (Å²) in [5.41, 5.74) is 6.53. The Morgan fingerprint density at radius 2 is 1.09 bits per heavy atom. The average molecular weight is 668 g/mol. The summed E-state index contributed by atoms with van der Waals surface area (Å²) in [6, 6.07) is 22.4. The van der Waals surface area contributed by atoms with Gasteiger partial charge in [-0.3, -0.25) is 34.7 Å². The van der Waals surface area contributed by atoms with Crippen LogP contribution in [0.1, 0.15) is 62.4 Å². The van der Waals surface area contributed by atoms with E-state index in [0.29, 0.717) is 34.6 Å². The minimum Gasteiger partial charge on any atom is -0.480 e. The number of benzene rings is 4. The van der Waals surface area contributed by atoms with Crippen molar-refractivity contribution >= 4 is 58.0 Å². The van der Waals surface area contributed by atoms with Gasteiger partial charge >= 0.3 is 11.9 Å². The summed E-state index contributed by atoms with van der Waals surface area (Å²) >= 11 is 3.12. The topological polar surface area (TPSA) is 136 Å². The Balaban J connectivity index is 1.32. The van der Waals surface area contributed by atoms with Crippen LogP contribution in [-0.4, -0.2) is 69.0 Å². The van der Waals surface area contributed by atoms with Crippen molar-refractivity contribution in [3.05, 3.63) is 95.1 Å². The van der Waals surface area contributed by atoms with Gasteiger partial charge in [0.05, 0.1) is 10.7 Å². The van der Waals surface area contributed by atoms with Crippen molar-refractivity contribution < 1.29 is 29.4 Å². The van der Waals surface area contributed by atoms with Crippen LogP contribution < -0.4 is 10.6 Å². The Labute approximate surface area is 280 Å². The molecule has 4 unspecified atom stereocenters. The number of nitrogens with one attached hydrogen (secondary N) is 2. The molecule has 4 aromatic rings. The minimum atomic E-state index is -0.860. The first-order valence-corrected chi connectivity index (χ1v) is 17.7. The zero-order valence-corrected chi connectivity index (χ0v) is 27.2. The molecule has 0 aliphatic carbocycles. The first-order valence-electron chi connectivity index (χ1n) is 15.6. The van der Waals surface area contributed by atoms with Gasteiger partial charge in [-0.1, -0.05) is 74.0 Å². The Morgan fingerprint density at radius 3 is 1.47 bits per heavy atom. The summed E-state index contributed by atoms with van der Waals surface area (Å²) in [6.45, 7) is 2.40. The molecule has 3 aliphatic rings. The number of imide groups is 1. The van der Waals surface area contributed by atoms with E-state index in [0.717, 1.165) is 51.6 Å². The number of rotatable bonds is 9. The Kier molecular flexibility index (Phi) is 8.56. The standard InChI is InChI=1S/C36H33N3O6S2/c1-2-3-16-39-33(40)25-14-12-23(19-4-8-21(9-5-19)31-37-27(17-46-31)35(42)43)29-24(13-15-26(30(25)29)34(39)41)20-6-10-22(11-7-20)32-38-28(18-47-32)36(44)45/h4-15,27-28,31-32,37-38H,2-3,16-18H2,1H3,(H,42,43)(H,44,45). The van der Waals surface area contributed by atoms with Gasteiger partial charge in [-0.05, 0) is 57.3 Å². The van der Waals surface area contributed by atoms with Crippen LogP contribution in [0.15, 0.2) is 72.8 Å². The van der Waals surface area contributed by atoms with Crippen LogP contribution in [0, 0.1) is 0 Å². The number of carboxylic acid groups (broad SMARTS) is 2. The molecule has 240 valence electrons. The largest absolute Gasteiger partial charge is 0.480 e. The molecule has 0 bridgehead atoms. The van der Waals surface area contributed by atoms with Crippen molar-refractivity contribution in [2.75, 3.05) is 18.1 Å². The predicted molar refractivity (Wildman–Crippen MR) is 185 cm³/mol. The smallest absolute Gasteiger partial charge is 0.321 e. The van der Waals surface area contributed by atoms with E-state index in [9.17, 15) is 29.4 Å². The van der Waals surface area contributed by atoms with Crippen molar-refractivity contribution in [1.82, 2.24) is 15.5 Å². The fourth-order valence-corrected chi connectivity index (χ4v) is 8.99. The minimum absolute atomic E-state index is 0.127. The van der Waals surface area contributed by atoms with Gasteiger partial charge < -0.3 is 10.2 Å². The van der Waals surface area contributed by atoms with Crippen molar-refractivity contribution in [3.63, 3.8) is 0 Å². The molecule has 0 radical (unpaired) electrons. The Hall–Kier alpha value is -4.16. The molecule has 0 spiro atoms. The van der Waals surface area contributed by atoms with Crippen molar-refractivity contribution in [1.29, 1.82) is 0 Å². The number of carbonyl (C=O) groups is 4. The number of hydrogen-bond donors (Lipinski definition) is 4. The second-order valence-corrected chi connectivity index (χ2v) is 14.2. The highest BCUT2D eigenvalue weighted by Crippen LogP contribution is 2.43. The van der Waals surface area contributed by atoms with E-state index < -0.39 is 24.0 Å². The second-order valence-electron chi connectivity index (χ2n) is 12.0. The summed E-state index contributed by atoms with van der Waals surface area (Å²) in [6.07, 6.45) is 1.59. The summed E-state index contributed by atoms with van der Waals surface area (Å²) in [5, 5.41) is 26.3. The molecular formula is C36H33N3O6S2. The Bertz CT molecular complexity index is 1780. The van der Waals surface area contributed by atoms with Crippen LogP contribution in [0.3, 0.4) is 0 Å². The zero-order chi connectivity index (χ0) is 32.8. The van der Waals surface area contributed by atoms with E-state index >= 15 is 0 Å². The van der Waals surface area contributed by atoms with E-state index in [4.69, 9.17) is 0 Å². The van der Waals surface area contributed by atoms with E-state index in [-0.39, 0.29) is 22.6 Å². The highest BCUT2D eigenvalue weighted by Gasteiger charge is 2.35. The van der Waals surface area contributed by atoms with Gasteiger partial charge in [-0.15, -0.1) is 23.5 Å². The number of aliphatic carboxylic acids is 2. The highest BCUT2D eigenvalue weighted by atomic mass is 32.2. The van der Waals surface area contributed by atoms with Crippen LogP contribution in [0.2, 0.25) is 0 Å². The van der Waals surface area contributed by atoms with Crippen LogP contribution >= 0.6 is 23.5 Å². The maximum absolute atomic E-state index is 13.8. The number of nitrogens with zero attached hydrogens (tertiary/aromatic N) is 1. The van der Waals surface area contributed by atoms with Gasteiger partial charge in [0.25, 0.3) is 11.8 Å². The SMILES string of the molecule is CCCCN1C(=O)c2ccc(-c3ccc(C4NC(C(=O)O)CS4)cc3)c3c(-c4ccc(C5NC(C(=O)O)CS5)cc4)ccc(c23)C1=O. The maximum Gasteiger partial charge on any atom is 0.321 e. The van der Waals surface area contributed by atoms with Gasteiger partial charge in [-0.2, -0.15) is 0 Å². The van der Waals surface area contributed by atoms with E-state index in [2.05, 4.69) is 10.6 Å². The van der Waals surface area contributed by atoms with Crippen LogP contribution in [0.5, 0.6) is 0 Å². The first kappa shape index (κ1) is 31.4. The molecular weight excluding hydrogens is 635 g/mol. The average Bonchev–Trinajstić information content (AvgIpc) is 3.79. The lowest BCUT2D eigenvalue weighted by Crippen LogP contribution is -2.40. The molecule has 11 heteroatoms. The van der Waals surface area contributed by atoms with Crippen molar-refractivity contribution in [3.8, 4) is 22.3 Å². The molecule has 0 aromatic heterocycles. The molecule has 4 N–H and O–H groups in total. The number of carboxylic acids is 2. The number of unbranched alkanes of at least 4 members (excludes halogenated alkanes) is 1. The third-order valence-corrected chi connectivity index (χ3v) is 11.6. The molecule has 2 amide bonds. The normalized spacial score (nSPS) is 22.3. The number of hydrogen-bond acceptors (Lipinski definition) is 8. The molecule has 3 heterocycles. The number of thioether (sulfide) groups is 2. The van der Waals surface area contributed by atoms with E-state index in [1.54, 1.807) is 23.5 Å². The quantitative estimate of drug-likeness (QED) is 0.154. The molecule has 0 saturated carbocycles. The van der Waals surface area contributed by atoms with E-state index in [1.807, 2.05) is 79.7 Å². The fourth-order valence-electron chi connectivity index (χ4n) is 6.52. The van der Waals surface area contributed by atoms with E-state index in [1.165, 1.54) is 4.90 Å². The summed E-state index contributed by atoms with van der Waals surface area (Å²) in [5.74, 6) is -1.31. The predicted octanol–water partition coefficient (Wildman–Crippen LogP) is 6.15. The zero-order valence-electron chi connectivity index (χ0n) is 25.6. The summed E-state index contributed by atoms with van der Waals surface area (Å²) in [7, 11) is 0. The molecule has 7 rings (SSSR count). The number of carbonyl (C=O) groups excluding carboxylic acids is 2. The number of amides is 2. The van der Waals surface area contributed by atoms with Gasteiger partial charge in [0.1, 0.15) is 12.1 Å². The molecule has 4 aromatic carbocycles. The third kappa shape index (κ3) is 5.71. The van der Waals surface area contributed by atoms with Gasteiger partial charge in [0.15, 0.2) is 0 Å². The first-order chi connectivity index (χ1) is 22.7. The van der Waals surface area contributed by atoms with Crippen LogP contribution in [0.25, 0.3) is 33.0 Å². The molecule has 4 atom stereocenters. The van der Waals surface area contributed by atoms with Gasteiger partial charge in [-0.25, -0.2) is 0 Å².